The van der Waals surface area contributed by atoms with Gasteiger partial charge in [0.25, 0.3) is 5.91 Å². The van der Waals surface area contributed by atoms with Gasteiger partial charge in [0.1, 0.15) is 17.4 Å². The van der Waals surface area contributed by atoms with Crippen molar-refractivity contribution in [2.75, 3.05) is 38.2 Å². The van der Waals surface area contributed by atoms with Crippen LogP contribution in [0.4, 0.5) is 10.2 Å². The number of carbonyl (C=O) groups is 1. The van der Waals surface area contributed by atoms with Crippen LogP contribution in [0.3, 0.4) is 0 Å². The molecule has 0 N–H and O–H groups in total. The fourth-order valence-corrected chi connectivity index (χ4v) is 2.82. The fourth-order valence-electron chi connectivity index (χ4n) is 2.82. The van der Waals surface area contributed by atoms with E-state index in [0.717, 1.165) is 5.82 Å². The van der Waals surface area contributed by atoms with Crippen LogP contribution in [0.5, 0.6) is 5.75 Å². The number of benzene rings is 1. The molecule has 0 radical (unpaired) electrons. The monoisotopic (exact) mass is 340 g/mol. The first-order valence-electron chi connectivity index (χ1n) is 7.86. The fraction of sp³-hybridized carbons (Fsp3) is 0.278. The molecule has 1 aliphatic rings. The molecule has 2 aromatic rings. The zero-order valence-electron chi connectivity index (χ0n) is 13.8. The summed E-state index contributed by atoms with van der Waals surface area (Å²) in [5.74, 6) is 0.349. The van der Waals surface area contributed by atoms with E-state index in [0.29, 0.717) is 37.5 Å². The number of hydrogen-bond acceptors (Lipinski definition) is 5. The van der Waals surface area contributed by atoms with E-state index in [2.05, 4.69) is 11.1 Å². The van der Waals surface area contributed by atoms with Gasteiger partial charge in [-0.3, -0.25) is 4.79 Å². The maximum Gasteiger partial charge on any atom is 0.257 e. The summed E-state index contributed by atoms with van der Waals surface area (Å²) in [6.45, 7) is 2.14. The van der Waals surface area contributed by atoms with Gasteiger partial charge in [0.2, 0.25) is 0 Å². The number of nitrogens with zero attached hydrogens (tertiary/aromatic N) is 4. The minimum Gasteiger partial charge on any atom is -0.496 e. The van der Waals surface area contributed by atoms with Gasteiger partial charge in [-0.1, -0.05) is 0 Å². The van der Waals surface area contributed by atoms with Crippen LogP contribution in [0, 0.1) is 17.1 Å². The summed E-state index contributed by atoms with van der Waals surface area (Å²) in [4.78, 5) is 20.6. The Kier molecular flexibility index (Phi) is 4.80. The minimum absolute atomic E-state index is 0.223. The highest BCUT2D eigenvalue weighted by atomic mass is 19.1. The number of rotatable bonds is 3. The van der Waals surface area contributed by atoms with Crippen molar-refractivity contribution in [3.63, 3.8) is 0 Å². The molecular weight excluding hydrogens is 323 g/mol. The zero-order valence-corrected chi connectivity index (χ0v) is 13.8. The van der Waals surface area contributed by atoms with Gasteiger partial charge >= 0.3 is 0 Å². The molecular formula is C18H17FN4O2. The van der Waals surface area contributed by atoms with E-state index in [-0.39, 0.29) is 11.5 Å². The Morgan fingerprint density at radius 2 is 2.00 bits per heavy atom. The third-order valence-corrected chi connectivity index (χ3v) is 4.16. The van der Waals surface area contributed by atoms with Crippen molar-refractivity contribution < 1.29 is 13.9 Å². The van der Waals surface area contributed by atoms with Crippen molar-refractivity contribution in [3.8, 4) is 11.8 Å². The van der Waals surface area contributed by atoms with Gasteiger partial charge in [0.05, 0.1) is 24.3 Å². The van der Waals surface area contributed by atoms with Crippen LogP contribution in [0.15, 0.2) is 36.5 Å². The van der Waals surface area contributed by atoms with E-state index < -0.39 is 5.82 Å². The standard InChI is InChI=1S/C18H17FN4O2/c1-25-16-3-2-14(19)11-15(16)18(24)23-8-6-22(7-9-23)17-10-13(12-20)4-5-21-17/h2-5,10-11H,6-9H2,1H3. The average molecular weight is 340 g/mol. The highest BCUT2D eigenvalue weighted by Crippen LogP contribution is 2.22. The lowest BCUT2D eigenvalue weighted by Crippen LogP contribution is -2.49. The van der Waals surface area contributed by atoms with E-state index >= 15 is 0 Å². The Hall–Kier alpha value is -3.14. The molecule has 1 fully saturated rings. The SMILES string of the molecule is COc1ccc(F)cc1C(=O)N1CCN(c2cc(C#N)ccn2)CC1. The van der Waals surface area contributed by atoms with Crippen molar-refractivity contribution in [1.29, 1.82) is 5.26 Å². The molecule has 25 heavy (non-hydrogen) atoms. The predicted molar refractivity (Wildman–Crippen MR) is 90.0 cm³/mol. The molecule has 1 aliphatic heterocycles. The van der Waals surface area contributed by atoms with Gasteiger partial charge in [-0.25, -0.2) is 9.37 Å². The predicted octanol–water partition coefficient (Wildman–Crippen LogP) is 2.06. The number of halogens is 1. The second-order valence-electron chi connectivity index (χ2n) is 5.64. The molecule has 0 atom stereocenters. The molecule has 128 valence electrons. The average Bonchev–Trinajstić information content (AvgIpc) is 2.67. The lowest BCUT2D eigenvalue weighted by Gasteiger charge is -2.35. The third-order valence-electron chi connectivity index (χ3n) is 4.16. The first kappa shape index (κ1) is 16.7. The Labute approximate surface area is 145 Å². The van der Waals surface area contributed by atoms with Crippen LogP contribution in [-0.2, 0) is 0 Å². The Balaban J connectivity index is 1.71. The first-order valence-corrected chi connectivity index (χ1v) is 7.86. The number of carbonyl (C=O) groups excluding carboxylic acids is 1. The van der Waals surface area contributed by atoms with Crippen molar-refractivity contribution >= 4 is 11.7 Å². The maximum absolute atomic E-state index is 13.5. The molecule has 0 spiro atoms. The van der Waals surface area contributed by atoms with E-state index in [1.54, 1.807) is 23.2 Å². The zero-order chi connectivity index (χ0) is 17.8. The molecule has 1 saturated heterocycles. The second-order valence-corrected chi connectivity index (χ2v) is 5.64. The van der Waals surface area contributed by atoms with Crippen LogP contribution in [-0.4, -0.2) is 49.1 Å². The van der Waals surface area contributed by atoms with E-state index in [4.69, 9.17) is 10.00 Å². The van der Waals surface area contributed by atoms with E-state index in [1.807, 2.05) is 4.90 Å². The molecule has 3 rings (SSSR count). The smallest absolute Gasteiger partial charge is 0.257 e. The number of amides is 1. The van der Waals surface area contributed by atoms with Gasteiger partial charge in [0.15, 0.2) is 0 Å². The molecule has 6 nitrogen and oxygen atoms in total. The molecule has 0 unspecified atom stereocenters. The van der Waals surface area contributed by atoms with E-state index in [9.17, 15) is 9.18 Å². The summed E-state index contributed by atoms with van der Waals surface area (Å²) in [6, 6.07) is 9.39. The second kappa shape index (κ2) is 7.18. The van der Waals surface area contributed by atoms with Crippen LogP contribution in [0.25, 0.3) is 0 Å². The Morgan fingerprint density at radius 3 is 2.68 bits per heavy atom. The quantitative estimate of drug-likeness (QED) is 0.855. The molecule has 1 amide bonds. The van der Waals surface area contributed by atoms with Gasteiger partial charge in [-0.05, 0) is 30.3 Å². The molecule has 1 aromatic heterocycles. The van der Waals surface area contributed by atoms with Crippen molar-refractivity contribution in [2.45, 2.75) is 0 Å². The van der Waals surface area contributed by atoms with Crippen molar-refractivity contribution in [1.82, 2.24) is 9.88 Å². The molecule has 2 heterocycles. The first-order chi connectivity index (χ1) is 12.1. The maximum atomic E-state index is 13.5. The molecule has 7 heteroatoms. The topological polar surface area (TPSA) is 69.5 Å². The summed E-state index contributed by atoms with van der Waals surface area (Å²) in [5, 5.41) is 8.98. The summed E-state index contributed by atoms with van der Waals surface area (Å²) in [7, 11) is 1.45. The number of anilines is 1. The number of hydrogen-bond donors (Lipinski definition) is 0. The number of ether oxygens (including phenoxy) is 1. The third kappa shape index (κ3) is 3.53. The van der Waals surface area contributed by atoms with E-state index in [1.165, 1.54) is 25.3 Å². The molecule has 0 bridgehead atoms. The lowest BCUT2D eigenvalue weighted by atomic mass is 10.1. The van der Waals surface area contributed by atoms with Gasteiger partial charge in [-0.2, -0.15) is 5.26 Å². The lowest BCUT2D eigenvalue weighted by molar-refractivity contribution is 0.0742. The molecule has 0 aliphatic carbocycles. The van der Waals surface area contributed by atoms with Crippen LogP contribution < -0.4 is 9.64 Å². The number of nitriles is 1. The summed E-state index contributed by atoms with van der Waals surface area (Å²) in [6.07, 6.45) is 1.60. The van der Waals surface area contributed by atoms with Gasteiger partial charge in [-0.15, -0.1) is 0 Å². The Morgan fingerprint density at radius 1 is 1.24 bits per heavy atom. The minimum atomic E-state index is -0.472. The summed E-state index contributed by atoms with van der Waals surface area (Å²) < 4.78 is 18.7. The Bertz CT molecular complexity index is 826. The molecule has 0 saturated carbocycles. The van der Waals surface area contributed by atoms with Gasteiger partial charge < -0.3 is 14.5 Å². The van der Waals surface area contributed by atoms with Crippen molar-refractivity contribution in [2.24, 2.45) is 0 Å². The van der Waals surface area contributed by atoms with Crippen LogP contribution >= 0.6 is 0 Å². The number of piperazine rings is 1. The number of aromatic nitrogens is 1. The summed E-state index contributed by atoms with van der Waals surface area (Å²) >= 11 is 0. The van der Waals surface area contributed by atoms with Gasteiger partial charge in [0, 0.05) is 32.4 Å². The van der Waals surface area contributed by atoms with Crippen LogP contribution in [0.1, 0.15) is 15.9 Å². The summed E-state index contributed by atoms with van der Waals surface area (Å²) in [5.41, 5.74) is 0.772. The number of pyridine rings is 1. The molecule has 1 aromatic carbocycles. The van der Waals surface area contributed by atoms with Crippen LogP contribution in [0.2, 0.25) is 0 Å². The van der Waals surface area contributed by atoms with Crippen molar-refractivity contribution in [3.05, 3.63) is 53.5 Å². The highest BCUT2D eigenvalue weighted by Gasteiger charge is 2.25. The number of methoxy groups -OCH3 is 1. The normalized spacial score (nSPS) is 14.1. The largest absolute Gasteiger partial charge is 0.496 e. The highest BCUT2D eigenvalue weighted by molar-refractivity contribution is 5.97.